The van der Waals surface area contributed by atoms with Gasteiger partial charge in [0.15, 0.2) is 0 Å². The molecule has 4 heteroatoms. The van der Waals surface area contributed by atoms with Gasteiger partial charge in [-0.15, -0.1) is 0 Å². The van der Waals surface area contributed by atoms with E-state index in [1.54, 1.807) is 0 Å². The monoisotopic (exact) mass is 245 g/mol. The van der Waals surface area contributed by atoms with E-state index < -0.39 is 0 Å². The van der Waals surface area contributed by atoms with Crippen LogP contribution in [0.25, 0.3) is 0 Å². The van der Waals surface area contributed by atoms with Gasteiger partial charge in [0.25, 0.3) is 0 Å². The van der Waals surface area contributed by atoms with E-state index in [0.29, 0.717) is 44.6 Å². The Balaban J connectivity index is 3.16. The minimum atomic E-state index is 0.0969. The van der Waals surface area contributed by atoms with Gasteiger partial charge in [0.2, 0.25) is 5.91 Å². The molecule has 0 aliphatic heterocycles. The lowest BCUT2D eigenvalue weighted by molar-refractivity contribution is -0.122. The molecular formula is C13H27NO3. The second-order valence-electron chi connectivity index (χ2n) is 5.03. The van der Waals surface area contributed by atoms with E-state index in [-0.39, 0.29) is 5.91 Å². The van der Waals surface area contributed by atoms with E-state index in [4.69, 9.17) is 9.47 Å². The molecule has 4 nitrogen and oxygen atoms in total. The molecular weight excluding hydrogens is 218 g/mol. The summed E-state index contributed by atoms with van der Waals surface area (Å²) in [4.78, 5) is 11.3. The second-order valence-corrected chi connectivity index (χ2v) is 5.03. The van der Waals surface area contributed by atoms with Crippen LogP contribution in [-0.2, 0) is 14.3 Å². The number of nitrogens with one attached hydrogen (secondary N) is 1. The highest BCUT2D eigenvalue weighted by molar-refractivity contribution is 5.75. The first-order valence-corrected chi connectivity index (χ1v) is 6.44. The van der Waals surface area contributed by atoms with Crippen LogP contribution in [0.1, 0.15) is 34.1 Å². The summed E-state index contributed by atoms with van der Waals surface area (Å²) in [7, 11) is 0. The van der Waals surface area contributed by atoms with Crippen LogP contribution in [0.15, 0.2) is 0 Å². The van der Waals surface area contributed by atoms with Gasteiger partial charge in [-0.3, -0.25) is 4.79 Å². The van der Waals surface area contributed by atoms with Crippen LogP contribution in [-0.4, -0.2) is 38.9 Å². The quantitative estimate of drug-likeness (QED) is 0.597. The molecule has 0 rings (SSSR count). The van der Waals surface area contributed by atoms with Crippen molar-refractivity contribution in [2.45, 2.75) is 34.1 Å². The summed E-state index contributed by atoms with van der Waals surface area (Å²) in [5.74, 6) is 1.06. The van der Waals surface area contributed by atoms with Gasteiger partial charge in [-0.1, -0.05) is 27.7 Å². The number of carbonyl (C=O) groups excluding carboxylic acids is 1. The van der Waals surface area contributed by atoms with Crippen molar-refractivity contribution in [2.75, 3.05) is 33.0 Å². The average Bonchev–Trinajstić information content (AvgIpc) is 2.20. The Morgan fingerprint density at radius 1 is 1.00 bits per heavy atom. The fourth-order valence-corrected chi connectivity index (χ4v) is 1.24. The van der Waals surface area contributed by atoms with Crippen molar-refractivity contribution in [1.29, 1.82) is 0 Å². The Morgan fingerprint density at radius 2 is 1.65 bits per heavy atom. The second kappa shape index (κ2) is 10.5. The number of hydrogen-bond donors (Lipinski definition) is 1. The lowest BCUT2D eigenvalue weighted by Gasteiger charge is -2.09. The molecule has 1 N–H and O–H groups in total. The zero-order chi connectivity index (χ0) is 13.1. The van der Waals surface area contributed by atoms with Crippen LogP contribution < -0.4 is 5.32 Å². The molecule has 0 fully saturated rings. The maximum atomic E-state index is 11.3. The van der Waals surface area contributed by atoms with Gasteiger partial charge in [-0.2, -0.15) is 0 Å². The third-order valence-electron chi connectivity index (χ3n) is 1.99. The number of ether oxygens (including phenoxy) is 2. The Kier molecular flexibility index (Phi) is 10.2. The van der Waals surface area contributed by atoms with Crippen LogP contribution >= 0.6 is 0 Å². The Bertz CT molecular complexity index is 193. The van der Waals surface area contributed by atoms with Gasteiger partial charge in [0.05, 0.1) is 19.8 Å². The van der Waals surface area contributed by atoms with E-state index in [1.165, 1.54) is 0 Å². The first-order valence-electron chi connectivity index (χ1n) is 6.44. The molecule has 0 aliphatic rings. The van der Waals surface area contributed by atoms with Crippen molar-refractivity contribution in [3.63, 3.8) is 0 Å². The fraction of sp³-hybridized carbons (Fsp3) is 0.923. The summed E-state index contributed by atoms with van der Waals surface area (Å²) < 4.78 is 10.7. The van der Waals surface area contributed by atoms with E-state index in [0.717, 1.165) is 6.61 Å². The summed E-state index contributed by atoms with van der Waals surface area (Å²) in [6, 6.07) is 0. The molecule has 17 heavy (non-hydrogen) atoms. The number of hydrogen-bond acceptors (Lipinski definition) is 3. The molecule has 0 aromatic carbocycles. The minimum absolute atomic E-state index is 0.0969. The van der Waals surface area contributed by atoms with Crippen LogP contribution in [0, 0.1) is 11.8 Å². The first kappa shape index (κ1) is 16.4. The van der Waals surface area contributed by atoms with Crippen molar-refractivity contribution in [3.05, 3.63) is 0 Å². The molecule has 0 spiro atoms. The van der Waals surface area contributed by atoms with Gasteiger partial charge in [0, 0.05) is 19.6 Å². The molecule has 0 heterocycles. The lowest BCUT2D eigenvalue weighted by Crippen LogP contribution is -2.28. The predicted molar refractivity (Wildman–Crippen MR) is 68.9 cm³/mol. The summed E-state index contributed by atoms with van der Waals surface area (Å²) in [6.45, 7) is 11.4. The SMILES string of the molecule is CC(C)COCCOCCNC(=O)CC(C)C. The minimum Gasteiger partial charge on any atom is -0.379 e. The molecule has 0 bridgehead atoms. The highest BCUT2D eigenvalue weighted by Crippen LogP contribution is 1.97. The molecule has 0 aliphatic carbocycles. The van der Waals surface area contributed by atoms with Crippen molar-refractivity contribution < 1.29 is 14.3 Å². The molecule has 0 saturated heterocycles. The van der Waals surface area contributed by atoms with E-state index >= 15 is 0 Å². The highest BCUT2D eigenvalue weighted by atomic mass is 16.5. The van der Waals surface area contributed by atoms with E-state index in [1.807, 2.05) is 13.8 Å². The largest absolute Gasteiger partial charge is 0.379 e. The highest BCUT2D eigenvalue weighted by Gasteiger charge is 2.03. The van der Waals surface area contributed by atoms with Crippen molar-refractivity contribution in [3.8, 4) is 0 Å². The Morgan fingerprint density at radius 3 is 2.24 bits per heavy atom. The number of amides is 1. The third-order valence-corrected chi connectivity index (χ3v) is 1.99. The third kappa shape index (κ3) is 13.3. The lowest BCUT2D eigenvalue weighted by atomic mass is 10.1. The molecule has 1 amide bonds. The summed E-state index contributed by atoms with van der Waals surface area (Å²) >= 11 is 0. The molecule has 0 aromatic rings. The van der Waals surface area contributed by atoms with Gasteiger partial charge < -0.3 is 14.8 Å². The summed E-state index contributed by atoms with van der Waals surface area (Å²) in [5.41, 5.74) is 0. The first-order chi connectivity index (χ1) is 8.02. The molecule has 102 valence electrons. The van der Waals surface area contributed by atoms with Crippen molar-refractivity contribution >= 4 is 5.91 Å². The molecule has 0 aromatic heterocycles. The van der Waals surface area contributed by atoms with Gasteiger partial charge in [-0.05, 0) is 11.8 Å². The van der Waals surface area contributed by atoms with E-state index in [9.17, 15) is 4.79 Å². The number of rotatable bonds is 10. The van der Waals surface area contributed by atoms with Crippen molar-refractivity contribution in [2.24, 2.45) is 11.8 Å². The maximum Gasteiger partial charge on any atom is 0.220 e. The van der Waals surface area contributed by atoms with Crippen LogP contribution in [0.3, 0.4) is 0 Å². The Labute approximate surface area is 105 Å². The van der Waals surface area contributed by atoms with Crippen LogP contribution in [0.2, 0.25) is 0 Å². The van der Waals surface area contributed by atoms with Crippen molar-refractivity contribution in [1.82, 2.24) is 5.32 Å². The fourth-order valence-electron chi connectivity index (χ4n) is 1.24. The van der Waals surface area contributed by atoms with Gasteiger partial charge in [0.1, 0.15) is 0 Å². The normalized spacial score (nSPS) is 11.2. The van der Waals surface area contributed by atoms with Gasteiger partial charge >= 0.3 is 0 Å². The molecule has 0 radical (unpaired) electrons. The van der Waals surface area contributed by atoms with E-state index in [2.05, 4.69) is 19.2 Å². The molecule has 0 unspecified atom stereocenters. The molecule has 0 atom stereocenters. The van der Waals surface area contributed by atoms with Gasteiger partial charge in [-0.25, -0.2) is 0 Å². The zero-order valence-electron chi connectivity index (χ0n) is 11.6. The topological polar surface area (TPSA) is 47.6 Å². The predicted octanol–water partition coefficient (Wildman–Crippen LogP) is 1.84. The average molecular weight is 245 g/mol. The summed E-state index contributed by atoms with van der Waals surface area (Å²) in [5, 5.41) is 2.82. The molecule has 0 saturated carbocycles. The standard InChI is InChI=1S/C13H27NO3/c1-11(2)9-13(15)14-5-6-16-7-8-17-10-12(3)4/h11-12H,5-10H2,1-4H3,(H,14,15). The maximum absolute atomic E-state index is 11.3. The number of carbonyl (C=O) groups is 1. The zero-order valence-corrected chi connectivity index (χ0v) is 11.6. The summed E-state index contributed by atoms with van der Waals surface area (Å²) in [6.07, 6.45) is 0.581. The van der Waals surface area contributed by atoms with Crippen LogP contribution in [0.5, 0.6) is 0 Å². The Hall–Kier alpha value is -0.610. The smallest absolute Gasteiger partial charge is 0.220 e. The van der Waals surface area contributed by atoms with Crippen LogP contribution in [0.4, 0.5) is 0 Å².